The number of rotatable bonds is 6. The van der Waals surface area contributed by atoms with Crippen molar-refractivity contribution < 1.29 is 13.5 Å². The van der Waals surface area contributed by atoms with Crippen LogP contribution in [0.4, 0.5) is 0 Å². The third-order valence-electron chi connectivity index (χ3n) is 4.44. The number of hydrogen-bond donors (Lipinski definition) is 0. The summed E-state index contributed by atoms with van der Waals surface area (Å²) in [6.45, 7) is 0.369. The Bertz CT molecular complexity index is 1110. The molecule has 0 aliphatic heterocycles. The predicted octanol–water partition coefficient (Wildman–Crippen LogP) is 4.70. The fourth-order valence-electron chi connectivity index (χ4n) is 3.20. The van der Waals surface area contributed by atoms with Gasteiger partial charge in [0.15, 0.2) is 0 Å². The molecule has 0 N–H and O–H groups in total. The van der Waals surface area contributed by atoms with Crippen molar-refractivity contribution in [1.82, 2.24) is 4.98 Å². The number of nitrogens with zero attached hydrogens (tertiary/aromatic N) is 1. The number of benzene rings is 3. The summed E-state index contributed by atoms with van der Waals surface area (Å²) in [7, 11) is 0. The van der Waals surface area contributed by atoms with E-state index in [2.05, 4.69) is 18.2 Å². The lowest BCUT2D eigenvalue weighted by Crippen LogP contribution is -2.03. The molecule has 0 aliphatic rings. The summed E-state index contributed by atoms with van der Waals surface area (Å²) >= 11 is -2.03. The maximum absolute atomic E-state index is 10.6. The van der Waals surface area contributed by atoms with E-state index in [1.54, 1.807) is 0 Å². The predicted molar refractivity (Wildman–Crippen MR) is 109 cm³/mol. The van der Waals surface area contributed by atoms with Crippen LogP contribution < -0.4 is 4.74 Å². The minimum absolute atomic E-state index is 0.110. The molecule has 0 bridgehead atoms. The van der Waals surface area contributed by atoms with Crippen LogP contribution in [0.2, 0.25) is 0 Å². The van der Waals surface area contributed by atoms with E-state index in [9.17, 15) is 8.76 Å². The van der Waals surface area contributed by atoms with Gasteiger partial charge in [-0.05, 0) is 36.1 Å². The van der Waals surface area contributed by atoms with Crippen LogP contribution in [0.1, 0.15) is 6.42 Å². The van der Waals surface area contributed by atoms with E-state index in [4.69, 9.17) is 9.72 Å². The first kappa shape index (κ1) is 17.6. The molecule has 136 valence electrons. The van der Waals surface area contributed by atoms with E-state index in [0.29, 0.717) is 13.0 Å². The summed E-state index contributed by atoms with van der Waals surface area (Å²) in [5, 5.41) is 3.20. The number of para-hydroxylation sites is 1. The zero-order valence-corrected chi connectivity index (χ0v) is 15.4. The number of ether oxygens (including phenoxy) is 1. The van der Waals surface area contributed by atoms with E-state index in [1.165, 1.54) is 0 Å². The Morgan fingerprint density at radius 1 is 0.889 bits per heavy atom. The molecule has 1 aromatic heterocycles. The quantitative estimate of drug-likeness (QED) is 0.278. The summed E-state index contributed by atoms with van der Waals surface area (Å²) in [4.78, 5) is 4.89. The van der Waals surface area contributed by atoms with Gasteiger partial charge in [-0.15, -0.1) is 0 Å². The Morgan fingerprint density at radius 3 is 2.48 bits per heavy atom. The lowest BCUT2D eigenvalue weighted by molar-refractivity contribution is 0.317. The minimum atomic E-state index is -2.03. The van der Waals surface area contributed by atoms with E-state index >= 15 is 0 Å². The van der Waals surface area contributed by atoms with Crippen LogP contribution in [-0.4, -0.2) is 26.1 Å². The second-order valence-corrected chi connectivity index (χ2v) is 7.28. The van der Waals surface area contributed by atoms with Gasteiger partial charge >= 0.3 is 0 Å². The smallest absolute Gasteiger partial charge is 0.119 e. The zero-order valence-electron chi connectivity index (χ0n) is 14.6. The SMILES string of the molecule is O=S([O-])CCCOc1ccc2c(-c3ccccc3)nc3ccccc3c2c1. The highest BCUT2D eigenvalue weighted by molar-refractivity contribution is 7.79. The van der Waals surface area contributed by atoms with E-state index < -0.39 is 11.1 Å². The van der Waals surface area contributed by atoms with Crippen LogP contribution in [0.3, 0.4) is 0 Å². The van der Waals surface area contributed by atoms with Crippen molar-refractivity contribution in [2.75, 3.05) is 12.4 Å². The number of hydrogen-bond acceptors (Lipinski definition) is 4. The van der Waals surface area contributed by atoms with Crippen molar-refractivity contribution in [3.63, 3.8) is 0 Å². The summed E-state index contributed by atoms with van der Waals surface area (Å²) in [6, 6.07) is 24.1. The van der Waals surface area contributed by atoms with Gasteiger partial charge < -0.3 is 9.29 Å². The number of fused-ring (bicyclic) bond motifs is 3. The number of pyridine rings is 1. The highest BCUT2D eigenvalue weighted by atomic mass is 32.2. The summed E-state index contributed by atoms with van der Waals surface area (Å²) in [5.74, 6) is 0.841. The largest absolute Gasteiger partial charge is 0.772 e. The van der Waals surface area contributed by atoms with Gasteiger partial charge in [0.05, 0.1) is 17.8 Å². The van der Waals surface area contributed by atoms with Crippen molar-refractivity contribution >= 4 is 32.8 Å². The summed E-state index contributed by atoms with van der Waals surface area (Å²) in [5.41, 5.74) is 2.94. The molecule has 1 atom stereocenters. The average molecular weight is 376 g/mol. The van der Waals surface area contributed by atoms with Gasteiger partial charge in [-0.1, -0.05) is 59.6 Å². The van der Waals surface area contributed by atoms with E-state index in [1.807, 2.05) is 54.6 Å². The van der Waals surface area contributed by atoms with E-state index in [-0.39, 0.29) is 5.75 Å². The Kier molecular flexibility index (Phi) is 5.14. The maximum Gasteiger partial charge on any atom is 0.119 e. The second kappa shape index (κ2) is 7.86. The third-order valence-corrected chi connectivity index (χ3v) is 5.07. The molecule has 0 radical (unpaired) electrons. The molecule has 0 fully saturated rings. The standard InChI is InChI=1S/C22H19NO3S/c24-27(25)14-6-13-26-17-11-12-19-20(15-17)18-9-4-5-10-21(18)23-22(19)16-7-2-1-3-8-16/h1-5,7-12,15H,6,13-14H2,(H,24,25)/p-1. The molecule has 27 heavy (non-hydrogen) atoms. The molecule has 1 heterocycles. The molecule has 3 aromatic carbocycles. The van der Waals surface area contributed by atoms with Crippen LogP contribution in [0, 0.1) is 0 Å². The molecular weight excluding hydrogens is 358 g/mol. The fourth-order valence-corrected chi connectivity index (χ4v) is 3.56. The van der Waals surface area contributed by atoms with Crippen LogP contribution in [-0.2, 0) is 11.1 Å². The normalized spacial score (nSPS) is 12.3. The molecule has 0 saturated heterocycles. The molecule has 4 rings (SSSR count). The van der Waals surface area contributed by atoms with Gasteiger partial charge in [0.25, 0.3) is 0 Å². The van der Waals surface area contributed by atoms with Gasteiger partial charge in [-0.3, -0.25) is 4.21 Å². The first-order valence-corrected chi connectivity index (χ1v) is 10.0. The lowest BCUT2D eigenvalue weighted by Gasteiger charge is -2.12. The van der Waals surface area contributed by atoms with Crippen molar-refractivity contribution in [1.29, 1.82) is 0 Å². The molecule has 4 aromatic rings. The van der Waals surface area contributed by atoms with Crippen LogP contribution in [0.15, 0.2) is 72.8 Å². The first-order valence-electron chi connectivity index (χ1n) is 8.79. The van der Waals surface area contributed by atoms with Gasteiger partial charge in [0.2, 0.25) is 0 Å². The molecule has 0 aliphatic carbocycles. The van der Waals surface area contributed by atoms with Crippen molar-refractivity contribution in [3.05, 3.63) is 72.8 Å². The molecule has 1 unspecified atom stereocenters. The molecular formula is C22H18NO3S-. The highest BCUT2D eigenvalue weighted by Crippen LogP contribution is 2.34. The van der Waals surface area contributed by atoms with Crippen molar-refractivity contribution in [3.8, 4) is 17.0 Å². The van der Waals surface area contributed by atoms with Crippen LogP contribution in [0.25, 0.3) is 32.9 Å². The molecule has 0 spiro atoms. The topological polar surface area (TPSA) is 62.2 Å². The maximum atomic E-state index is 10.6. The van der Waals surface area contributed by atoms with Crippen LogP contribution >= 0.6 is 0 Å². The van der Waals surface area contributed by atoms with Gasteiger partial charge in [0.1, 0.15) is 5.75 Å². The van der Waals surface area contributed by atoms with Crippen molar-refractivity contribution in [2.24, 2.45) is 0 Å². The number of aromatic nitrogens is 1. The van der Waals surface area contributed by atoms with Gasteiger partial charge in [0, 0.05) is 22.1 Å². The Morgan fingerprint density at radius 2 is 1.67 bits per heavy atom. The molecule has 4 nitrogen and oxygen atoms in total. The molecule has 0 saturated carbocycles. The monoisotopic (exact) mass is 376 g/mol. The van der Waals surface area contributed by atoms with Crippen molar-refractivity contribution in [2.45, 2.75) is 6.42 Å². The van der Waals surface area contributed by atoms with E-state index in [0.717, 1.165) is 38.7 Å². The second-order valence-electron chi connectivity index (χ2n) is 6.26. The highest BCUT2D eigenvalue weighted by Gasteiger charge is 2.11. The zero-order chi connectivity index (χ0) is 18.6. The van der Waals surface area contributed by atoms with Crippen LogP contribution in [0.5, 0.6) is 5.75 Å². The first-order chi connectivity index (χ1) is 13.2. The Hall–Kier alpha value is -2.76. The minimum Gasteiger partial charge on any atom is -0.772 e. The Labute approximate surface area is 160 Å². The third kappa shape index (κ3) is 3.84. The Balaban J connectivity index is 1.79. The van der Waals surface area contributed by atoms with Gasteiger partial charge in [-0.2, -0.15) is 0 Å². The molecule has 0 amide bonds. The van der Waals surface area contributed by atoms with Gasteiger partial charge in [-0.25, -0.2) is 4.98 Å². The summed E-state index contributed by atoms with van der Waals surface area (Å²) < 4.78 is 27.0. The lowest BCUT2D eigenvalue weighted by atomic mass is 10.00. The molecule has 5 heteroatoms. The summed E-state index contributed by atoms with van der Waals surface area (Å²) in [6.07, 6.45) is 0.473. The fraction of sp³-hybridized carbons (Fsp3) is 0.136. The average Bonchev–Trinajstić information content (AvgIpc) is 2.71.